The van der Waals surface area contributed by atoms with Gasteiger partial charge < -0.3 is 14.9 Å². The summed E-state index contributed by atoms with van der Waals surface area (Å²) in [5.41, 5.74) is 8.73. The van der Waals surface area contributed by atoms with Crippen molar-refractivity contribution in [2.75, 3.05) is 6.61 Å². The fourth-order valence-electron chi connectivity index (χ4n) is 3.12. The molecule has 1 aromatic carbocycles. The second-order valence-corrected chi connectivity index (χ2v) is 5.91. The average Bonchev–Trinajstić information content (AvgIpc) is 2.71. The molecule has 2 N–H and O–H groups in total. The van der Waals surface area contributed by atoms with E-state index < -0.39 is 0 Å². The maximum absolute atomic E-state index is 11.5. The third-order valence-corrected chi connectivity index (χ3v) is 4.43. The van der Waals surface area contributed by atoms with Gasteiger partial charge in [0.15, 0.2) is 5.58 Å². The zero-order valence-corrected chi connectivity index (χ0v) is 12.5. The molecule has 5 nitrogen and oxygen atoms in total. The van der Waals surface area contributed by atoms with Gasteiger partial charge in [-0.3, -0.25) is 4.57 Å². The maximum atomic E-state index is 11.5. The highest BCUT2D eigenvalue weighted by Crippen LogP contribution is 2.36. The lowest BCUT2D eigenvalue weighted by Crippen LogP contribution is -2.33. The van der Waals surface area contributed by atoms with Crippen molar-refractivity contribution in [1.82, 2.24) is 4.57 Å². The minimum atomic E-state index is -0.339. The molecule has 0 bridgehead atoms. The summed E-state index contributed by atoms with van der Waals surface area (Å²) < 4.78 is 12.3. The number of rotatable bonds is 5. The molecule has 0 amide bonds. The zero-order valence-electron chi connectivity index (χ0n) is 12.5. The fraction of sp³-hybridized carbons (Fsp3) is 0.562. The molecule has 0 aliphatic heterocycles. The van der Waals surface area contributed by atoms with Gasteiger partial charge in [0.1, 0.15) is 0 Å². The topological polar surface area (TPSA) is 70.4 Å². The number of ether oxygens (including phenoxy) is 1. The van der Waals surface area contributed by atoms with E-state index >= 15 is 0 Å². The van der Waals surface area contributed by atoms with Crippen molar-refractivity contribution in [3.63, 3.8) is 0 Å². The molecule has 5 heteroatoms. The highest BCUT2D eigenvalue weighted by atomic mass is 16.5. The number of fused-ring (bicyclic) bond motifs is 1. The van der Waals surface area contributed by atoms with Crippen LogP contribution in [0.15, 0.2) is 27.4 Å². The Bertz CT molecular complexity index is 682. The Morgan fingerprint density at radius 3 is 2.95 bits per heavy atom. The van der Waals surface area contributed by atoms with Crippen LogP contribution in [0.5, 0.6) is 0 Å². The standard InChI is InChI=1S/C16H22N2O3/c1-3-20-12-6-10(7-12)8-13(17)11-4-5-14-15(9-11)21-16(19)18(14)2/h4-5,9-10,12-13H,3,6-8,17H2,1-2H3. The van der Waals surface area contributed by atoms with Gasteiger partial charge in [-0.05, 0) is 49.8 Å². The second kappa shape index (κ2) is 5.66. The van der Waals surface area contributed by atoms with E-state index in [9.17, 15) is 4.79 Å². The van der Waals surface area contributed by atoms with Gasteiger partial charge in [-0.2, -0.15) is 0 Å². The summed E-state index contributed by atoms with van der Waals surface area (Å²) in [5, 5.41) is 0. The molecule has 114 valence electrons. The first-order chi connectivity index (χ1) is 10.1. The van der Waals surface area contributed by atoms with Crippen molar-refractivity contribution in [2.24, 2.45) is 18.7 Å². The van der Waals surface area contributed by atoms with Crippen LogP contribution in [0, 0.1) is 5.92 Å². The van der Waals surface area contributed by atoms with E-state index in [-0.39, 0.29) is 11.8 Å². The van der Waals surface area contributed by atoms with Crippen molar-refractivity contribution in [2.45, 2.75) is 38.3 Å². The van der Waals surface area contributed by atoms with Crippen LogP contribution in [0.1, 0.15) is 37.8 Å². The van der Waals surface area contributed by atoms with Crippen LogP contribution in [0.25, 0.3) is 11.1 Å². The summed E-state index contributed by atoms with van der Waals surface area (Å²) >= 11 is 0. The van der Waals surface area contributed by atoms with Gasteiger partial charge in [0.05, 0.1) is 11.6 Å². The van der Waals surface area contributed by atoms with Gasteiger partial charge in [0, 0.05) is 19.7 Å². The molecule has 0 saturated heterocycles. The van der Waals surface area contributed by atoms with Crippen LogP contribution in [-0.4, -0.2) is 17.3 Å². The highest BCUT2D eigenvalue weighted by Gasteiger charge is 2.31. The molecule has 1 aromatic heterocycles. The fourth-order valence-corrected chi connectivity index (χ4v) is 3.12. The van der Waals surface area contributed by atoms with Crippen molar-refractivity contribution in [3.8, 4) is 0 Å². The number of benzene rings is 1. The van der Waals surface area contributed by atoms with E-state index in [1.807, 2.05) is 25.1 Å². The number of hydrogen-bond donors (Lipinski definition) is 1. The molecular weight excluding hydrogens is 268 g/mol. The van der Waals surface area contributed by atoms with E-state index in [1.54, 1.807) is 7.05 Å². The summed E-state index contributed by atoms with van der Waals surface area (Å²) in [6, 6.07) is 5.76. The quantitative estimate of drug-likeness (QED) is 0.917. The number of aromatic nitrogens is 1. The van der Waals surface area contributed by atoms with E-state index in [0.29, 0.717) is 17.6 Å². The van der Waals surface area contributed by atoms with Crippen LogP contribution >= 0.6 is 0 Å². The number of oxazole rings is 1. The number of hydrogen-bond acceptors (Lipinski definition) is 4. The van der Waals surface area contributed by atoms with Gasteiger partial charge >= 0.3 is 5.76 Å². The largest absolute Gasteiger partial charge is 0.419 e. The van der Waals surface area contributed by atoms with Crippen LogP contribution < -0.4 is 11.5 Å². The van der Waals surface area contributed by atoms with E-state index in [0.717, 1.165) is 36.9 Å². The Kier molecular flexibility index (Phi) is 3.87. The first-order valence-corrected chi connectivity index (χ1v) is 7.55. The maximum Gasteiger partial charge on any atom is 0.419 e. The summed E-state index contributed by atoms with van der Waals surface area (Å²) in [6.07, 6.45) is 3.57. The Hall–Kier alpha value is -1.59. The van der Waals surface area contributed by atoms with Crippen molar-refractivity contribution in [1.29, 1.82) is 0 Å². The van der Waals surface area contributed by atoms with Gasteiger partial charge in [-0.15, -0.1) is 0 Å². The molecule has 1 aliphatic rings. The first-order valence-electron chi connectivity index (χ1n) is 7.55. The van der Waals surface area contributed by atoms with Gasteiger partial charge in [-0.25, -0.2) is 4.79 Å². The summed E-state index contributed by atoms with van der Waals surface area (Å²) in [5.74, 6) is 0.296. The number of nitrogens with two attached hydrogens (primary N) is 1. The normalized spacial score (nSPS) is 23.2. The minimum Gasteiger partial charge on any atom is -0.408 e. The van der Waals surface area contributed by atoms with Crippen molar-refractivity contribution < 1.29 is 9.15 Å². The molecule has 1 saturated carbocycles. The summed E-state index contributed by atoms with van der Waals surface area (Å²) in [4.78, 5) is 11.5. The van der Waals surface area contributed by atoms with Gasteiger partial charge in [0.25, 0.3) is 0 Å². The third kappa shape index (κ3) is 2.76. The van der Waals surface area contributed by atoms with Gasteiger partial charge in [-0.1, -0.05) is 6.07 Å². The smallest absolute Gasteiger partial charge is 0.408 e. The summed E-state index contributed by atoms with van der Waals surface area (Å²) in [6.45, 7) is 2.81. The Labute approximate surface area is 123 Å². The predicted octanol–water partition coefficient (Wildman–Crippen LogP) is 2.34. The van der Waals surface area contributed by atoms with Crippen LogP contribution in [-0.2, 0) is 11.8 Å². The molecule has 21 heavy (non-hydrogen) atoms. The molecule has 0 spiro atoms. The molecule has 0 radical (unpaired) electrons. The van der Waals surface area contributed by atoms with Crippen LogP contribution in [0.4, 0.5) is 0 Å². The lowest BCUT2D eigenvalue weighted by Gasteiger charge is -2.36. The molecule has 1 fully saturated rings. The van der Waals surface area contributed by atoms with E-state index in [1.165, 1.54) is 4.57 Å². The average molecular weight is 290 g/mol. The monoisotopic (exact) mass is 290 g/mol. The molecular formula is C16H22N2O3. The van der Waals surface area contributed by atoms with Crippen LogP contribution in [0.2, 0.25) is 0 Å². The third-order valence-electron chi connectivity index (χ3n) is 4.43. The van der Waals surface area contributed by atoms with Crippen molar-refractivity contribution in [3.05, 3.63) is 34.3 Å². The Morgan fingerprint density at radius 1 is 1.48 bits per heavy atom. The lowest BCUT2D eigenvalue weighted by atomic mass is 9.77. The predicted molar refractivity (Wildman–Crippen MR) is 81.1 cm³/mol. The molecule has 1 unspecified atom stereocenters. The molecule has 1 atom stereocenters. The molecule has 3 rings (SSSR count). The number of aryl methyl sites for hydroxylation is 1. The second-order valence-electron chi connectivity index (χ2n) is 5.91. The molecule has 1 heterocycles. The van der Waals surface area contributed by atoms with Gasteiger partial charge in [0.2, 0.25) is 0 Å². The summed E-state index contributed by atoms with van der Waals surface area (Å²) in [7, 11) is 1.70. The molecule has 1 aliphatic carbocycles. The highest BCUT2D eigenvalue weighted by molar-refractivity contribution is 5.73. The van der Waals surface area contributed by atoms with E-state index in [2.05, 4.69) is 0 Å². The number of nitrogens with zero attached hydrogens (tertiary/aromatic N) is 1. The lowest BCUT2D eigenvalue weighted by molar-refractivity contribution is -0.0282. The van der Waals surface area contributed by atoms with Crippen molar-refractivity contribution >= 4 is 11.1 Å². The van der Waals surface area contributed by atoms with Crippen LogP contribution in [0.3, 0.4) is 0 Å². The zero-order chi connectivity index (χ0) is 15.0. The Morgan fingerprint density at radius 2 is 2.24 bits per heavy atom. The van der Waals surface area contributed by atoms with E-state index in [4.69, 9.17) is 14.9 Å². The molecule has 2 aromatic rings. The minimum absolute atomic E-state index is 0.0208. The first kappa shape index (κ1) is 14.4. The SMILES string of the molecule is CCOC1CC(CC(N)c2ccc3c(c2)oc(=O)n3C)C1. The Balaban J connectivity index is 1.68.